The molecule has 0 bridgehead atoms. The first-order valence-electron chi connectivity index (χ1n) is 5.62. The van der Waals surface area contributed by atoms with Crippen LogP contribution >= 0.6 is 0 Å². The summed E-state index contributed by atoms with van der Waals surface area (Å²) >= 11 is 0. The highest BCUT2D eigenvalue weighted by Gasteiger charge is 2.32. The van der Waals surface area contributed by atoms with E-state index in [4.69, 9.17) is 4.74 Å². The van der Waals surface area contributed by atoms with Crippen LogP contribution in [-0.4, -0.2) is 25.3 Å². The van der Waals surface area contributed by atoms with Gasteiger partial charge in [-0.3, -0.25) is 0 Å². The van der Waals surface area contributed by atoms with E-state index in [9.17, 15) is 0 Å². The summed E-state index contributed by atoms with van der Waals surface area (Å²) in [4.78, 5) is 0. The van der Waals surface area contributed by atoms with Gasteiger partial charge in [0.15, 0.2) is 0 Å². The molecule has 0 aromatic heterocycles. The van der Waals surface area contributed by atoms with Crippen molar-refractivity contribution in [1.82, 2.24) is 5.32 Å². The topological polar surface area (TPSA) is 21.3 Å². The van der Waals surface area contributed by atoms with Crippen LogP contribution in [0.4, 0.5) is 0 Å². The molecule has 0 spiro atoms. The summed E-state index contributed by atoms with van der Waals surface area (Å²) in [7, 11) is 0. The average molecular weight is 185 g/mol. The number of nitrogens with one attached hydrogen (secondary N) is 1. The third-order valence-corrected chi connectivity index (χ3v) is 2.96. The Bertz CT molecular complexity index is 132. The molecule has 1 rings (SSSR count). The second kappa shape index (κ2) is 5.61. The molecule has 0 saturated heterocycles. The molecule has 1 fully saturated rings. The summed E-state index contributed by atoms with van der Waals surface area (Å²) in [5.74, 6) is 0.850. The summed E-state index contributed by atoms with van der Waals surface area (Å²) in [6.07, 6.45) is 4.30. The molecule has 1 aliphatic rings. The Morgan fingerprint density at radius 2 is 2.08 bits per heavy atom. The summed E-state index contributed by atoms with van der Waals surface area (Å²) in [5.41, 5.74) is 0. The zero-order chi connectivity index (χ0) is 9.68. The van der Waals surface area contributed by atoms with Crippen LogP contribution in [0.1, 0.15) is 40.0 Å². The van der Waals surface area contributed by atoms with Crippen LogP contribution in [0.15, 0.2) is 0 Å². The molecule has 1 N–H and O–H groups in total. The quantitative estimate of drug-likeness (QED) is 0.685. The highest BCUT2D eigenvalue weighted by atomic mass is 16.5. The van der Waals surface area contributed by atoms with Crippen LogP contribution in [0.2, 0.25) is 0 Å². The first kappa shape index (κ1) is 11.0. The van der Waals surface area contributed by atoms with Gasteiger partial charge < -0.3 is 10.1 Å². The first-order chi connectivity index (χ1) is 6.27. The van der Waals surface area contributed by atoms with E-state index in [-0.39, 0.29) is 0 Å². The molecule has 2 nitrogen and oxygen atoms in total. The first-order valence-corrected chi connectivity index (χ1v) is 5.62. The van der Waals surface area contributed by atoms with Crippen molar-refractivity contribution in [2.24, 2.45) is 5.92 Å². The zero-order valence-electron chi connectivity index (χ0n) is 9.18. The fourth-order valence-electron chi connectivity index (χ4n) is 1.93. The Labute approximate surface area is 82.0 Å². The molecule has 0 aromatic rings. The Hall–Kier alpha value is -0.0800. The van der Waals surface area contributed by atoms with Gasteiger partial charge in [-0.05, 0) is 45.6 Å². The summed E-state index contributed by atoms with van der Waals surface area (Å²) in [6.45, 7) is 8.60. The largest absolute Gasteiger partial charge is 0.378 e. The normalized spacial score (nSPS) is 29.8. The lowest BCUT2D eigenvalue weighted by Crippen LogP contribution is -2.44. The van der Waals surface area contributed by atoms with Crippen molar-refractivity contribution in [1.29, 1.82) is 0 Å². The monoisotopic (exact) mass is 185 g/mol. The third-order valence-electron chi connectivity index (χ3n) is 2.96. The Kier molecular flexibility index (Phi) is 4.74. The maximum atomic E-state index is 5.53. The number of hydrogen-bond donors (Lipinski definition) is 1. The van der Waals surface area contributed by atoms with Crippen molar-refractivity contribution < 1.29 is 4.74 Å². The lowest BCUT2D eigenvalue weighted by Gasteiger charge is -2.39. The minimum atomic E-state index is 0.556. The molecule has 0 aliphatic heterocycles. The maximum Gasteiger partial charge on any atom is 0.0581 e. The van der Waals surface area contributed by atoms with E-state index in [0.29, 0.717) is 12.1 Å². The van der Waals surface area contributed by atoms with Gasteiger partial charge in [0.1, 0.15) is 0 Å². The molecule has 1 unspecified atom stereocenters. The fourth-order valence-corrected chi connectivity index (χ4v) is 1.93. The molecule has 0 heterocycles. The second-order valence-electron chi connectivity index (χ2n) is 4.05. The van der Waals surface area contributed by atoms with Gasteiger partial charge in [-0.1, -0.05) is 6.92 Å². The highest BCUT2D eigenvalue weighted by Crippen LogP contribution is 2.32. The molecule has 0 radical (unpaired) electrons. The minimum absolute atomic E-state index is 0.556. The van der Waals surface area contributed by atoms with Gasteiger partial charge in [-0.2, -0.15) is 0 Å². The van der Waals surface area contributed by atoms with Crippen LogP contribution in [0.3, 0.4) is 0 Å². The van der Waals surface area contributed by atoms with Gasteiger partial charge in [0, 0.05) is 12.6 Å². The van der Waals surface area contributed by atoms with Gasteiger partial charge in [0.05, 0.1) is 6.10 Å². The van der Waals surface area contributed by atoms with Crippen molar-refractivity contribution in [3.8, 4) is 0 Å². The molecule has 0 aromatic carbocycles. The number of ether oxygens (including phenoxy) is 1. The molecule has 78 valence electrons. The maximum absolute atomic E-state index is 5.53. The Morgan fingerprint density at radius 3 is 2.62 bits per heavy atom. The van der Waals surface area contributed by atoms with Gasteiger partial charge in [-0.25, -0.2) is 0 Å². The summed E-state index contributed by atoms with van der Waals surface area (Å²) in [5, 5.41) is 3.54. The van der Waals surface area contributed by atoms with Crippen LogP contribution in [0, 0.1) is 5.92 Å². The Morgan fingerprint density at radius 1 is 1.38 bits per heavy atom. The summed E-state index contributed by atoms with van der Waals surface area (Å²) < 4.78 is 5.53. The second-order valence-corrected chi connectivity index (χ2v) is 4.05. The number of hydrogen-bond acceptors (Lipinski definition) is 2. The van der Waals surface area contributed by atoms with E-state index in [1.807, 2.05) is 0 Å². The predicted octanol–water partition coefficient (Wildman–Crippen LogP) is 2.19. The van der Waals surface area contributed by atoms with E-state index >= 15 is 0 Å². The van der Waals surface area contributed by atoms with Crippen molar-refractivity contribution in [3.05, 3.63) is 0 Å². The zero-order valence-corrected chi connectivity index (χ0v) is 9.18. The van der Waals surface area contributed by atoms with Gasteiger partial charge in [-0.15, -0.1) is 0 Å². The van der Waals surface area contributed by atoms with Crippen LogP contribution in [0.5, 0.6) is 0 Å². The van der Waals surface area contributed by atoms with Crippen LogP contribution < -0.4 is 5.32 Å². The van der Waals surface area contributed by atoms with E-state index in [2.05, 4.69) is 26.1 Å². The van der Waals surface area contributed by atoms with Crippen LogP contribution in [0.25, 0.3) is 0 Å². The Balaban J connectivity index is 2.04. The predicted molar refractivity (Wildman–Crippen MR) is 55.9 cm³/mol. The standard InChI is InChI=1S/C11H23NO/c1-4-6-12-9(3)10-7-11(8-10)13-5-2/h9-12H,4-8H2,1-3H3. The van der Waals surface area contributed by atoms with Gasteiger partial charge in [0.25, 0.3) is 0 Å². The SMILES string of the molecule is CCCNC(C)C1CC(OCC)C1. The third kappa shape index (κ3) is 3.28. The smallest absolute Gasteiger partial charge is 0.0581 e. The number of rotatable bonds is 6. The highest BCUT2D eigenvalue weighted by molar-refractivity contribution is 4.86. The molecule has 1 atom stereocenters. The fraction of sp³-hybridized carbons (Fsp3) is 1.00. The lowest BCUT2D eigenvalue weighted by molar-refractivity contribution is -0.0332. The van der Waals surface area contributed by atoms with Crippen molar-refractivity contribution in [2.45, 2.75) is 52.2 Å². The molecule has 1 aliphatic carbocycles. The van der Waals surface area contributed by atoms with Crippen LogP contribution in [-0.2, 0) is 4.74 Å². The van der Waals surface area contributed by atoms with Gasteiger partial charge in [0.2, 0.25) is 0 Å². The molecule has 2 heteroatoms. The average Bonchev–Trinajstić information content (AvgIpc) is 2.06. The van der Waals surface area contributed by atoms with E-state index < -0.39 is 0 Å². The minimum Gasteiger partial charge on any atom is -0.378 e. The van der Waals surface area contributed by atoms with Crippen molar-refractivity contribution in [3.63, 3.8) is 0 Å². The van der Waals surface area contributed by atoms with E-state index in [1.165, 1.54) is 19.3 Å². The molecule has 13 heavy (non-hydrogen) atoms. The lowest BCUT2D eigenvalue weighted by atomic mass is 9.77. The van der Waals surface area contributed by atoms with Gasteiger partial charge >= 0.3 is 0 Å². The summed E-state index contributed by atoms with van der Waals surface area (Å²) in [6, 6.07) is 0.677. The molecular formula is C11H23NO. The van der Waals surface area contributed by atoms with Crippen molar-refractivity contribution >= 4 is 0 Å². The van der Waals surface area contributed by atoms with E-state index in [0.717, 1.165) is 19.1 Å². The molecule has 1 saturated carbocycles. The van der Waals surface area contributed by atoms with E-state index in [1.54, 1.807) is 0 Å². The molecule has 0 amide bonds. The van der Waals surface area contributed by atoms with Crippen molar-refractivity contribution in [2.75, 3.05) is 13.2 Å². The molecular weight excluding hydrogens is 162 g/mol.